The minimum atomic E-state index is 0.210. The Hall–Kier alpha value is -3.72. The van der Waals surface area contributed by atoms with E-state index in [1.807, 2.05) is 49.4 Å². The van der Waals surface area contributed by atoms with E-state index in [1.54, 1.807) is 0 Å². The third kappa shape index (κ3) is 2.52. The highest BCUT2D eigenvalue weighted by atomic mass is 16.7. The van der Waals surface area contributed by atoms with Crippen LogP contribution in [0, 0.1) is 18.3 Å². The number of aromatic nitrogens is 1. The van der Waals surface area contributed by atoms with Gasteiger partial charge in [0, 0.05) is 11.1 Å². The minimum absolute atomic E-state index is 0.210. The molecule has 3 heterocycles. The van der Waals surface area contributed by atoms with Crippen molar-refractivity contribution < 1.29 is 18.9 Å². The van der Waals surface area contributed by atoms with Gasteiger partial charge >= 0.3 is 0 Å². The van der Waals surface area contributed by atoms with Crippen molar-refractivity contribution in [3.8, 4) is 51.5 Å². The summed E-state index contributed by atoms with van der Waals surface area (Å²) in [6, 6.07) is 15.6. The van der Waals surface area contributed by atoms with E-state index in [1.165, 1.54) is 0 Å². The molecule has 0 bridgehead atoms. The van der Waals surface area contributed by atoms with E-state index in [-0.39, 0.29) is 13.6 Å². The van der Waals surface area contributed by atoms with Gasteiger partial charge in [0.25, 0.3) is 0 Å². The summed E-state index contributed by atoms with van der Waals surface area (Å²) in [5.74, 6) is 2.80. The van der Waals surface area contributed by atoms with Crippen LogP contribution in [0.5, 0.6) is 23.0 Å². The second kappa shape index (κ2) is 5.92. The Morgan fingerprint density at radius 3 is 2.07 bits per heavy atom. The van der Waals surface area contributed by atoms with Gasteiger partial charge < -0.3 is 18.9 Å². The van der Waals surface area contributed by atoms with Crippen molar-refractivity contribution in [3.05, 3.63) is 53.7 Å². The molecule has 0 amide bonds. The third-order valence-corrected chi connectivity index (χ3v) is 4.66. The Kier molecular flexibility index (Phi) is 3.41. The molecule has 0 saturated carbocycles. The van der Waals surface area contributed by atoms with Crippen molar-refractivity contribution >= 4 is 0 Å². The van der Waals surface area contributed by atoms with E-state index in [0.717, 1.165) is 28.1 Å². The van der Waals surface area contributed by atoms with Gasteiger partial charge in [0.05, 0.1) is 17.0 Å². The molecule has 2 aromatic carbocycles. The molecule has 1 aromatic heterocycles. The number of rotatable bonds is 2. The lowest BCUT2D eigenvalue weighted by Crippen LogP contribution is -1.96. The summed E-state index contributed by atoms with van der Waals surface area (Å²) in [6.07, 6.45) is 0. The highest BCUT2D eigenvalue weighted by Crippen LogP contribution is 2.39. The quantitative estimate of drug-likeness (QED) is 0.688. The highest BCUT2D eigenvalue weighted by Gasteiger charge is 2.19. The molecule has 0 atom stereocenters. The Balaban J connectivity index is 1.66. The summed E-state index contributed by atoms with van der Waals surface area (Å²) in [6.45, 7) is 2.27. The van der Waals surface area contributed by atoms with Crippen LogP contribution in [0.25, 0.3) is 22.4 Å². The van der Waals surface area contributed by atoms with Crippen LogP contribution in [-0.4, -0.2) is 18.6 Å². The Labute approximate surface area is 155 Å². The maximum absolute atomic E-state index is 9.66. The van der Waals surface area contributed by atoms with Gasteiger partial charge in [0.2, 0.25) is 13.6 Å². The number of fused-ring (bicyclic) bond motifs is 2. The molecule has 0 fully saturated rings. The monoisotopic (exact) mass is 358 g/mol. The van der Waals surface area contributed by atoms with Crippen molar-refractivity contribution in [2.24, 2.45) is 0 Å². The number of pyridine rings is 1. The number of nitriles is 1. The van der Waals surface area contributed by atoms with Crippen molar-refractivity contribution in [2.45, 2.75) is 6.92 Å². The van der Waals surface area contributed by atoms with Gasteiger partial charge in [-0.15, -0.1) is 0 Å². The largest absolute Gasteiger partial charge is 0.454 e. The minimum Gasteiger partial charge on any atom is -0.454 e. The lowest BCUT2D eigenvalue weighted by Gasteiger charge is -2.11. The summed E-state index contributed by atoms with van der Waals surface area (Å²) >= 11 is 0. The van der Waals surface area contributed by atoms with Crippen molar-refractivity contribution in [1.82, 2.24) is 4.98 Å². The van der Waals surface area contributed by atoms with Crippen LogP contribution in [-0.2, 0) is 0 Å². The van der Waals surface area contributed by atoms with Gasteiger partial charge in [0.15, 0.2) is 23.0 Å². The summed E-state index contributed by atoms with van der Waals surface area (Å²) in [4.78, 5) is 4.62. The zero-order chi connectivity index (χ0) is 18.4. The number of nitrogens with zero attached hydrogens (tertiary/aromatic N) is 2. The average molecular weight is 358 g/mol. The molecule has 0 spiro atoms. The first-order valence-electron chi connectivity index (χ1n) is 8.45. The van der Waals surface area contributed by atoms with E-state index >= 15 is 0 Å². The fourth-order valence-electron chi connectivity index (χ4n) is 3.31. The van der Waals surface area contributed by atoms with Crippen LogP contribution >= 0.6 is 0 Å². The molecular formula is C21H14N2O4. The Morgan fingerprint density at radius 2 is 1.41 bits per heavy atom. The number of benzene rings is 2. The Morgan fingerprint density at radius 1 is 0.815 bits per heavy atom. The Bertz CT molecular complexity index is 1120. The zero-order valence-corrected chi connectivity index (χ0v) is 14.5. The normalized spacial score (nSPS) is 13.5. The maximum atomic E-state index is 9.66. The third-order valence-electron chi connectivity index (χ3n) is 4.66. The zero-order valence-electron chi connectivity index (χ0n) is 14.5. The predicted molar refractivity (Wildman–Crippen MR) is 96.8 cm³/mol. The summed E-state index contributed by atoms with van der Waals surface area (Å²) in [5, 5.41) is 9.66. The first-order chi connectivity index (χ1) is 13.2. The molecule has 0 radical (unpaired) electrons. The fourth-order valence-corrected chi connectivity index (χ4v) is 3.31. The van der Waals surface area contributed by atoms with Crippen LogP contribution in [0.3, 0.4) is 0 Å². The highest BCUT2D eigenvalue weighted by molar-refractivity contribution is 5.78. The van der Waals surface area contributed by atoms with Crippen LogP contribution < -0.4 is 18.9 Å². The molecule has 2 aliphatic heterocycles. The molecule has 5 rings (SSSR count). The second-order valence-electron chi connectivity index (χ2n) is 6.26. The van der Waals surface area contributed by atoms with E-state index in [9.17, 15) is 5.26 Å². The molecule has 0 N–H and O–H groups in total. The van der Waals surface area contributed by atoms with Gasteiger partial charge in [-0.25, -0.2) is 0 Å². The molecule has 6 heteroatoms. The van der Waals surface area contributed by atoms with Gasteiger partial charge in [-0.1, -0.05) is 6.07 Å². The first kappa shape index (κ1) is 15.5. The standard InChI is InChI=1S/C21H14N2O4/c1-12-16(9-22)15(13-2-4-18-20(6-13)26-10-24-18)8-17(23-12)14-3-5-19-21(7-14)27-11-25-19/h2-8H,10-11H2,1H3. The van der Waals surface area contributed by atoms with Gasteiger partial charge in [-0.2, -0.15) is 5.26 Å². The summed E-state index contributed by atoms with van der Waals surface area (Å²) in [7, 11) is 0. The smallest absolute Gasteiger partial charge is 0.231 e. The molecule has 0 saturated heterocycles. The molecule has 132 valence electrons. The molecule has 0 aliphatic carbocycles. The van der Waals surface area contributed by atoms with Crippen molar-refractivity contribution in [3.63, 3.8) is 0 Å². The molecule has 2 aliphatic rings. The molecule has 3 aromatic rings. The van der Waals surface area contributed by atoms with Crippen molar-refractivity contribution in [2.75, 3.05) is 13.6 Å². The SMILES string of the molecule is Cc1nc(-c2ccc3c(c2)OCO3)cc(-c2ccc3c(c2)OCO3)c1C#N. The van der Waals surface area contributed by atoms with E-state index in [4.69, 9.17) is 18.9 Å². The maximum Gasteiger partial charge on any atom is 0.231 e. The van der Waals surface area contributed by atoms with Crippen LogP contribution in [0.4, 0.5) is 0 Å². The van der Waals surface area contributed by atoms with Gasteiger partial charge in [-0.3, -0.25) is 4.98 Å². The van der Waals surface area contributed by atoms with Crippen molar-refractivity contribution in [1.29, 1.82) is 5.26 Å². The molecular weight excluding hydrogens is 344 g/mol. The number of aryl methyl sites for hydroxylation is 1. The molecule has 6 nitrogen and oxygen atoms in total. The number of hydrogen-bond donors (Lipinski definition) is 0. The van der Waals surface area contributed by atoms with Crippen LogP contribution in [0.2, 0.25) is 0 Å². The second-order valence-corrected chi connectivity index (χ2v) is 6.26. The van der Waals surface area contributed by atoms with E-state index < -0.39 is 0 Å². The fraction of sp³-hybridized carbons (Fsp3) is 0.143. The van der Waals surface area contributed by atoms with Gasteiger partial charge in [0.1, 0.15) is 6.07 Å². The van der Waals surface area contributed by atoms with E-state index in [2.05, 4.69) is 11.1 Å². The van der Waals surface area contributed by atoms with Gasteiger partial charge in [-0.05, 0) is 48.9 Å². The number of ether oxygens (including phenoxy) is 4. The number of hydrogen-bond acceptors (Lipinski definition) is 6. The lowest BCUT2D eigenvalue weighted by molar-refractivity contribution is 0.173. The first-order valence-corrected chi connectivity index (χ1v) is 8.45. The van der Waals surface area contributed by atoms with E-state index in [0.29, 0.717) is 28.5 Å². The predicted octanol–water partition coefficient (Wildman–Crippen LogP) is 4.05. The summed E-state index contributed by atoms with van der Waals surface area (Å²) < 4.78 is 21.7. The summed E-state index contributed by atoms with van der Waals surface area (Å²) in [5.41, 5.74) is 4.55. The molecule has 27 heavy (non-hydrogen) atoms. The lowest BCUT2D eigenvalue weighted by atomic mass is 9.96. The van der Waals surface area contributed by atoms with Crippen LogP contribution in [0.1, 0.15) is 11.3 Å². The topological polar surface area (TPSA) is 73.6 Å². The molecule has 0 unspecified atom stereocenters. The average Bonchev–Trinajstić information content (AvgIpc) is 3.35. The van der Waals surface area contributed by atoms with Crippen LogP contribution in [0.15, 0.2) is 42.5 Å².